The zero-order chi connectivity index (χ0) is 13.7. The molecule has 2 aliphatic rings. The highest BCUT2D eigenvalue weighted by Crippen LogP contribution is 2.48. The number of fused-ring (bicyclic) bond motifs is 1. The quantitative estimate of drug-likeness (QED) is 0.829. The Balaban J connectivity index is 1.82. The number of rotatable bonds is 2. The summed E-state index contributed by atoms with van der Waals surface area (Å²) in [6.07, 6.45) is 7.20. The van der Waals surface area contributed by atoms with Crippen LogP contribution in [0, 0.1) is 11.3 Å². The molecule has 0 atom stereocenters. The van der Waals surface area contributed by atoms with E-state index in [1.165, 1.54) is 42.6 Å². The number of aryl methyl sites for hydroxylation is 1. The largest absolute Gasteiger partial charge is 0.331 e. The van der Waals surface area contributed by atoms with Gasteiger partial charge >= 0.3 is 0 Å². The molecular formula is C17H19N3. The van der Waals surface area contributed by atoms with Crippen molar-refractivity contribution in [3.8, 4) is 6.07 Å². The van der Waals surface area contributed by atoms with Crippen molar-refractivity contribution in [2.24, 2.45) is 7.05 Å². The lowest BCUT2D eigenvalue weighted by atomic mass is 9.97. The molecule has 1 aromatic heterocycles. The molecule has 1 heterocycles. The molecular weight excluding hydrogens is 246 g/mol. The molecule has 2 saturated carbocycles. The second-order valence-corrected chi connectivity index (χ2v) is 6.41. The van der Waals surface area contributed by atoms with E-state index >= 15 is 0 Å². The van der Waals surface area contributed by atoms with Crippen LogP contribution in [0.25, 0.3) is 11.0 Å². The number of hydrogen-bond donors (Lipinski definition) is 0. The van der Waals surface area contributed by atoms with Gasteiger partial charge in [-0.1, -0.05) is 18.9 Å². The normalized spacial score (nSPS) is 21.2. The monoisotopic (exact) mass is 265 g/mol. The van der Waals surface area contributed by atoms with Gasteiger partial charge < -0.3 is 4.57 Å². The molecule has 3 nitrogen and oxygen atoms in total. The summed E-state index contributed by atoms with van der Waals surface area (Å²) in [5.74, 6) is 1.86. The first-order chi connectivity index (χ1) is 9.73. The van der Waals surface area contributed by atoms with Gasteiger partial charge in [0.15, 0.2) is 0 Å². The maximum Gasteiger partial charge on any atom is 0.112 e. The van der Waals surface area contributed by atoms with E-state index in [9.17, 15) is 5.26 Å². The number of hydrogen-bond acceptors (Lipinski definition) is 2. The van der Waals surface area contributed by atoms with E-state index in [1.54, 1.807) is 0 Å². The van der Waals surface area contributed by atoms with Crippen molar-refractivity contribution in [2.75, 3.05) is 0 Å². The van der Waals surface area contributed by atoms with Crippen LogP contribution in [0.4, 0.5) is 0 Å². The number of nitriles is 1. The molecule has 1 aromatic carbocycles. The van der Waals surface area contributed by atoms with Crippen molar-refractivity contribution in [2.45, 2.75) is 49.9 Å². The molecule has 3 heteroatoms. The predicted octanol–water partition coefficient (Wildman–Crippen LogP) is 3.79. The van der Waals surface area contributed by atoms with Crippen LogP contribution < -0.4 is 0 Å². The zero-order valence-corrected chi connectivity index (χ0v) is 11.9. The van der Waals surface area contributed by atoms with Gasteiger partial charge in [-0.2, -0.15) is 5.26 Å². The molecule has 0 unspecified atom stereocenters. The molecule has 0 radical (unpaired) electrons. The smallest absolute Gasteiger partial charge is 0.112 e. The summed E-state index contributed by atoms with van der Waals surface area (Å²) >= 11 is 0. The molecule has 2 aliphatic carbocycles. The number of nitrogens with zero attached hydrogens (tertiary/aromatic N) is 3. The zero-order valence-electron chi connectivity index (χ0n) is 11.9. The van der Waals surface area contributed by atoms with Gasteiger partial charge in [-0.3, -0.25) is 0 Å². The third-order valence-electron chi connectivity index (χ3n) is 5.15. The topological polar surface area (TPSA) is 41.6 Å². The second kappa shape index (κ2) is 4.09. The summed E-state index contributed by atoms with van der Waals surface area (Å²) in [5.41, 5.74) is 3.23. The van der Waals surface area contributed by atoms with Crippen molar-refractivity contribution >= 4 is 11.0 Å². The van der Waals surface area contributed by atoms with E-state index in [0.717, 1.165) is 18.4 Å². The van der Waals surface area contributed by atoms with Gasteiger partial charge in [0.05, 0.1) is 22.5 Å². The molecule has 4 rings (SSSR count). The van der Waals surface area contributed by atoms with Crippen molar-refractivity contribution in [1.82, 2.24) is 9.55 Å². The lowest BCUT2D eigenvalue weighted by molar-refractivity contribution is 0.639. The minimum absolute atomic E-state index is 0.202. The highest BCUT2D eigenvalue weighted by Gasteiger charge is 2.45. The Hall–Kier alpha value is -1.82. The first kappa shape index (κ1) is 12.0. The summed E-state index contributed by atoms with van der Waals surface area (Å²) in [4.78, 5) is 4.84. The first-order valence-electron chi connectivity index (χ1n) is 7.62. The lowest BCUT2D eigenvalue weighted by Crippen LogP contribution is -2.04. The van der Waals surface area contributed by atoms with Crippen LogP contribution in [-0.4, -0.2) is 9.55 Å². The Morgan fingerprint density at radius 3 is 2.70 bits per heavy atom. The van der Waals surface area contributed by atoms with Crippen molar-refractivity contribution in [1.29, 1.82) is 5.26 Å². The van der Waals surface area contributed by atoms with Crippen molar-refractivity contribution < 1.29 is 0 Å². The van der Waals surface area contributed by atoms with Gasteiger partial charge in [0.25, 0.3) is 0 Å². The molecule has 20 heavy (non-hydrogen) atoms. The van der Waals surface area contributed by atoms with Crippen LogP contribution in [0.15, 0.2) is 18.2 Å². The van der Waals surface area contributed by atoms with Crippen molar-refractivity contribution in [3.63, 3.8) is 0 Å². The third-order valence-corrected chi connectivity index (χ3v) is 5.15. The van der Waals surface area contributed by atoms with E-state index in [0.29, 0.717) is 5.92 Å². The SMILES string of the molecule is Cn1c(C2CCCC2)nc2ccc(C3(C#N)CC3)cc21. The van der Waals surface area contributed by atoms with Crippen molar-refractivity contribution in [3.05, 3.63) is 29.6 Å². The van der Waals surface area contributed by atoms with E-state index in [2.05, 4.69) is 35.9 Å². The number of benzene rings is 1. The van der Waals surface area contributed by atoms with Gasteiger partial charge in [-0.15, -0.1) is 0 Å². The van der Waals surface area contributed by atoms with E-state index < -0.39 is 0 Å². The molecule has 102 valence electrons. The average molecular weight is 265 g/mol. The van der Waals surface area contributed by atoms with Crippen LogP contribution in [0.1, 0.15) is 55.8 Å². The number of imidazole rings is 1. The van der Waals surface area contributed by atoms with E-state index in [1.807, 2.05) is 0 Å². The highest BCUT2D eigenvalue weighted by molar-refractivity contribution is 5.78. The fourth-order valence-electron chi connectivity index (χ4n) is 3.65. The summed E-state index contributed by atoms with van der Waals surface area (Å²) in [6.45, 7) is 0. The third kappa shape index (κ3) is 1.61. The maximum absolute atomic E-state index is 9.36. The average Bonchev–Trinajstić information content (AvgIpc) is 2.95. The van der Waals surface area contributed by atoms with Gasteiger partial charge in [0, 0.05) is 13.0 Å². The first-order valence-corrected chi connectivity index (χ1v) is 7.62. The van der Waals surface area contributed by atoms with E-state index in [4.69, 9.17) is 4.98 Å². The minimum Gasteiger partial charge on any atom is -0.331 e. The van der Waals surface area contributed by atoms with Crippen LogP contribution in [0.5, 0.6) is 0 Å². The molecule has 0 saturated heterocycles. The van der Waals surface area contributed by atoms with Crippen LogP contribution in [0.2, 0.25) is 0 Å². The molecule has 2 fully saturated rings. The van der Waals surface area contributed by atoms with Gasteiger partial charge in [0.1, 0.15) is 5.82 Å². The second-order valence-electron chi connectivity index (χ2n) is 6.41. The highest BCUT2D eigenvalue weighted by atomic mass is 15.1. The minimum atomic E-state index is -0.202. The fourth-order valence-corrected chi connectivity index (χ4v) is 3.65. The maximum atomic E-state index is 9.36. The Morgan fingerprint density at radius 1 is 1.30 bits per heavy atom. The predicted molar refractivity (Wildman–Crippen MR) is 78.4 cm³/mol. The van der Waals surface area contributed by atoms with Crippen LogP contribution in [0.3, 0.4) is 0 Å². The van der Waals surface area contributed by atoms with E-state index in [-0.39, 0.29) is 5.41 Å². The van der Waals surface area contributed by atoms with Gasteiger partial charge in [0.2, 0.25) is 0 Å². The van der Waals surface area contributed by atoms with Gasteiger partial charge in [-0.25, -0.2) is 4.98 Å². The van der Waals surface area contributed by atoms with Gasteiger partial charge in [-0.05, 0) is 43.4 Å². The molecule has 0 aliphatic heterocycles. The molecule has 0 amide bonds. The van der Waals surface area contributed by atoms with Crippen LogP contribution in [-0.2, 0) is 12.5 Å². The lowest BCUT2D eigenvalue weighted by Gasteiger charge is -2.09. The molecule has 2 aromatic rings. The summed E-state index contributed by atoms with van der Waals surface area (Å²) in [6, 6.07) is 8.88. The Kier molecular flexibility index (Phi) is 2.44. The van der Waals surface area contributed by atoms with Crippen LogP contribution >= 0.6 is 0 Å². The molecule has 0 bridgehead atoms. The Bertz CT molecular complexity index is 710. The summed E-state index contributed by atoms with van der Waals surface area (Å²) in [7, 11) is 2.12. The Labute approximate surface area is 119 Å². The number of aromatic nitrogens is 2. The summed E-state index contributed by atoms with van der Waals surface area (Å²) in [5, 5.41) is 9.36. The standard InChI is InChI=1S/C17H19N3/c1-20-15-10-13(17(11-18)8-9-17)6-7-14(15)19-16(20)12-4-2-3-5-12/h6-7,10,12H,2-5,8-9H2,1H3. The molecule has 0 N–H and O–H groups in total. The molecule has 0 spiro atoms. The summed E-state index contributed by atoms with van der Waals surface area (Å²) < 4.78 is 2.25. The fraction of sp³-hybridized carbons (Fsp3) is 0.529. The Morgan fingerprint density at radius 2 is 2.05 bits per heavy atom.